The van der Waals surface area contributed by atoms with Crippen molar-refractivity contribution in [2.45, 2.75) is 165 Å². The molecule has 0 aromatic heterocycles. The Morgan fingerprint density at radius 2 is 1.29 bits per heavy atom. The number of primary amides is 1. The minimum atomic E-state index is -1.59. The maximum atomic E-state index is 14.4. The molecule has 0 spiro atoms. The van der Waals surface area contributed by atoms with Crippen molar-refractivity contribution in [1.29, 1.82) is 0 Å². The van der Waals surface area contributed by atoms with Crippen LogP contribution in [0.25, 0.3) is 0 Å². The standard InChI is InChI=1S/C70H92N10O18S2/c1-8-99-100-70(25-16-26-70)40-98-69(92)80-50-36-56(54(94-7)34-47(50)64(87)78-38-43(5)32-52(78)66(80)89)96-30-14-10-13-29-95-55-35-49-46(33-53(55)93-6)63(86)77-37-42(4)31-51(77)65(88)79(49)68(91)97-39-44-19-21-45(22-20-44)73-61(84)48(17-15-27-72-67(71)90)74-62(85)60(41(2)3)75-57(81)18-11-9-12-28-76-58(82)23-24-59(76)83/h19-24,33-36,41,48,51-52,58,60,65-66,82,88-89H,4-5,8-18,25-32,37-40H2,1-3,6-7H3,(H,73,84)(H,74,85)(H,75,81)(H3,71,72,90)/t48-,51-,52-,58?,60-,65?,66?/m0/s1. The van der Waals surface area contributed by atoms with Crippen LogP contribution in [0.1, 0.15) is 137 Å². The fourth-order valence-electron chi connectivity index (χ4n) is 12.8. The van der Waals surface area contributed by atoms with E-state index in [2.05, 4.69) is 41.3 Å². The molecule has 0 bridgehead atoms. The number of aliphatic hydroxyl groups excluding tert-OH is 3. The molecule has 100 heavy (non-hydrogen) atoms. The van der Waals surface area contributed by atoms with Gasteiger partial charge in [0.25, 0.3) is 11.8 Å². The molecule has 542 valence electrons. The van der Waals surface area contributed by atoms with Crippen molar-refractivity contribution in [3.8, 4) is 23.0 Å². The molecule has 2 saturated heterocycles. The summed E-state index contributed by atoms with van der Waals surface area (Å²) in [5, 5.41) is 44.8. The number of amides is 10. The summed E-state index contributed by atoms with van der Waals surface area (Å²) in [5.74, 6) is -1.39. The molecule has 9 rings (SSSR count). The van der Waals surface area contributed by atoms with Crippen LogP contribution in [0, 0.1) is 5.92 Å². The van der Waals surface area contributed by atoms with E-state index in [1.54, 1.807) is 59.7 Å². The second-order valence-electron chi connectivity index (χ2n) is 26.0. The van der Waals surface area contributed by atoms with Crippen molar-refractivity contribution in [2.75, 3.05) is 81.1 Å². The molecular formula is C70H92N10O18S2. The number of fused-ring (bicyclic) bond motifs is 4. The molecular weight excluding hydrogens is 1330 g/mol. The molecule has 10 amide bonds. The molecule has 1 saturated carbocycles. The second kappa shape index (κ2) is 34.6. The zero-order chi connectivity index (χ0) is 71.9. The van der Waals surface area contributed by atoms with Gasteiger partial charge in [-0.2, -0.15) is 0 Å². The normalized spacial score (nSPS) is 20.3. The van der Waals surface area contributed by atoms with E-state index in [4.69, 9.17) is 34.2 Å². The fraction of sp³-hybridized carbons (Fsp3) is 0.529. The Bertz CT molecular complexity index is 3570. The molecule has 5 heterocycles. The van der Waals surface area contributed by atoms with Crippen molar-refractivity contribution in [2.24, 2.45) is 11.7 Å². The van der Waals surface area contributed by atoms with Crippen LogP contribution in [0.3, 0.4) is 0 Å². The van der Waals surface area contributed by atoms with E-state index in [9.17, 15) is 58.5 Å². The highest BCUT2D eigenvalue weighted by atomic mass is 33.1. The Hall–Kier alpha value is -8.71. The third-order valence-corrected chi connectivity index (χ3v) is 21.8. The minimum absolute atomic E-state index is 0.00746. The lowest BCUT2D eigenvalue weighted by atomic mass is 9.85. The van der Waals surface area contributed by atoms with Gasteiger partial charge in [0.05, 0.1) is 66.8 Å². The van der Waals surface area contributed by atoms with Crippen LogP contribution < -0.4 is 55.7 Å². The number of rotatable bonds is 33. The first-order valence-electron chi connectivity index (χ1n) is 33.9. The summed E-state index contributed by atoms with van der Waals surface area (Å²) in [5.41, 5.74) is 7.77. The molecule has 5 aliphatic heterocycles. The number of nitrogens with one attached hydrogen (secondary N) is 4. The third kappa shape index (κ3) is 18.3. The molecule has 30 heteroatoms. The van der Waals surface area contributed by atoms with E-state index >= 15 is 0 Å². The highest BCUT2D eigenvalue weighted by Gasteiger charge is 2.49. The number of urea groups is 1. The Balaban J connectivity index is 0.812. The number of carbonyl (C=O) groups is 9. The Labute approximate surface area is 589 Å². The first-order chi connectivity index (χ1) is 47.9. The molecule has 0 radical (unpaired) electrons. The quantitative estimate of drug-likeness (QED) is 0.0169. The van der Waals surface area contributed by atoms with Crippen molar-refractivity contribution < 1.29 is 86.9 Å². The highest BCUT2D eigenvalue weighted by molar-refractivity contribution is 8.77. The zero-order valence-corrected chi connectivity index (χ0v) is 58.8. The first kappa shape index (κ1) is 75.5. The maximum Gasteiger partial charge on any atom is 0.416 e. The van der Waals surface area contributed by atoms with Crippen LogP contribution >= 0.6 is 21.6 Å². The van der Waals surface area contributed by atoms with E-state index in [1.165, 1.54) is 65.3 Å². The van der Waals surface area contributed by atoms with Gasteiger partial charge in [0.1, 0.15) is 31.5 Å². The number of methoxy groups -OCH3 is 2. The van der Waals surface area contributed by atoms with E-state index in [1.807, 2.05) is 0 Å². The van der Waals surface area contributed by atoms with Gasteiger partial charge in [0.2, 0.25) is 23.6 Å². The van der Waals surface area contributed by atoms with Crippen molar-refractivity contribution in [3.05, 3.63) is 102 Å². The van der Waals surface area contributed by atoms with Gasteiger partial charge in [-0.05, 0) is 112 Å². The second-order valence-corrected chi connectivity index (χ2v) is 29.0. The SMILES string of the molecule is C=C1C[C@H]2C(O)N(C(=O)OCc3ccc(NC(=O)[C@H](CCCNC(N)=O)NC(=O)[C@@H](NC(=O)CCCCCN4C(=O)C=CC4O)C(C)C)cc3)c3cc(OCCCCCOc4cc5c(cc4OC)C(=O)N4CC(=C)C[C@H]4C(O)N5C(=O)OCC4(SSCC)CCC4)c(OC)cc3C(=O)N2C1. The van der Waals surface area contributed by atoms with Crippen LogP contribution in [0.4, 0.5) is 31.4 Å². The summed E-state index contributed by atoms with van der Waals surface area (Å²) in [7, 11) is 6.28. The number of aliphatic hydroxyl groups is 3. The van der Waals surface area contributed by atoms with E-state index in [0.29, 0.717) is 68.3 Å². The van der Waals surface area contributed by atoms with Crippen LogP contribution in [-0.2, 0) is 35.3 Å². The van der Waals surface area contributed by atoms with Gasteiger partial charge >= 0.3 is 18.2 Å². The number of nitrogens with zero attached hydrogens (tertiary/aromatic N) is 5. The lowest BCUT2D eigenvalue weighted by Gasteiger charge is -2.40. The number of nitrogens with two attached hydrogens (primary N) is 1. The molecule has 7 atom stereocenters. The molecule has 3 unspecified atom stereocenters. The topological polar surface area (TPSA) is 360 Å². The smallest absolute Gasteiger partial charge is 0.416 e. The summed E-state index contributed by atoms with van der Waals surface area (Å²) < 4.78 is 35.6. The Morgan fingerprint density at radius 3 is 1.80 bits per heavy atom. The Kier molecular flexibility index (Phi) is 26.1. The zero-order valence-electron chi connectivity index (χ0n) is 57.2. The predicted octanol–water partition coefficient (Wildman–Crippen LogP) is 7.24. The van der Waals surface area contributed by atoms with E-state index < -0.39 is 84.7 Å². The van der Waals surface area contributed by atoms with Gasteiger partial charge in [-0.25, -0.2) is 24.2 Å². The molecule has 1 aliphatic carbocycles. The van der Waals surface area contributed by atoms with Crippen molar-refractivity contribution >= 4 is 92.3 Å². The largest absolute Gasteiger partial charge is 0.493 e. The van der Waals surface area contributed by atoms with Crippen LogP contribution in [-0.4, -0.2) is 197 Å². The van der Waals surface area contributed by atoms with Gasteiger partial charge in [-0.3, -0.25) is 28.8 Å². The van der Waals surface area contributed by atoms with E-state index in [0.717, 1.165) is 40.4 Å². The van der Waals surface area contributed by atoms with Crippen LogP contribution in [0.2, 0.25) is 0 Å². The summed E-state index contributed by atoms with van der Waals surface area (Å²) in [6.45, 7) is 14.6. The van der Waals surface area contributed by atoms with Crippen molar-refractivity contribution in [1.82, 2.24) is 30.7 Å². The van der Waals surface area contributed by atoms with Gasteiger partial charge in [0.15, 0.2) is 35.5 Å². The molecule has 3 aromatic carbocycles. The fourth-order valence-corrected chi connectivity index (χ4v) is 15.5. The summed E-state index contributed by atoms with van der Waals surface area (Å²) >= 11 is 0. The van der Waals surface area contributed by atoms with Gasteiger partial charge < -0.3 is 85.4 Å². The average molecular weight is 1430 g/mol. The lowest BCUT2D eigenvalue weighted by molar-refractivity contribution is -0.132. The Morgan fingerprint density at radius 1 is 0.720 bits per heavy atom. The molecule has 28 nitrogen and oxygen atoms in total. The van der Waals surface area contributed by atoms with Crippen molar-refractivity contribution in [3.63, 3.8) is 0 Å². The molecule has 3 aromatic rings. The number of ether oxygens (including phenoxy) is 6. The molecule has 6 aliphatic rings. The summed E-state index contributed by atoms with van der Waals surface area (Å²) in [4.78, 5) is 128. The van der Waals surface area contributed by atoms with Crippen LogP contribution in [0.5, 0.6) is 23.0 Å². The number of hydrogen-bond donors (Lipinski definition) is 8. The monoisotopic (exact) mass is 1420 g/mol. The lowest BCUT2D eigenvalue weighted by Crippen LogP contribution is -2.54. The first-order valence-corrected chi connectivity index (χ1v) is 36.2. The van der Waals surface area contributed by atoms with E-state index in [-0.39, 0.29) is 140 Å². The molecule has 9 N–H and O–H groups in total. The van der Waals surface area contributed by atoms with Gasteiger partial charge in [-0.15, -0.1) is 0 Å². The summed E-state index contributed by atoms with van der Waals surface area (Å²) in [6, 6.07) is 7.74. The number of anilines is 3. The number of benzene rings is 3. The minimum Gasteiger partial charge on any atom is -0.493 e. The predicted molar refractivity (Wildman–Crippen MR) is 375 cm³/mol. The van der Waals surface area contributed by atoms with Crippen LogP contribution in [0.15, 0.2) is 85.0 Å². The van der Waals surface area contributed by atoms with Gasteiger partial charge in [0, 0.05) is 62.2 Å². The summed E-state index contributed by atoms with van der Waals surface area (Å²) in [6.07, 6.45) is 3.84. The number of hydrogen-bond acceptors (Lipinski definition) is 20. The highest BCUT2D eigenvalue weighted by Crippen LogP contribution is 2.50. The number of carbonyl (C=O) groups excluding carboxylic acids is 9. The average Bonchev–Trinajstić information content (AvgIpc) is 1.58. The third-order valence-electron chi connectivity index (χ3n) is 18.4. The maximum absolute atomic E-state index is 14.4. The number of unbranched alkanes of at least 4 members (excludes halogenated alkanes) is 4. The van der Waals surface area contributed by atoms with Gasteiger partial charge in [-0.1, -0.05) is 91.6 Å². The molecule has 3 fully saturated rings.